The molecule has 0 radical (unpaired) electrons. The quantitative estimate of drug-likeness (QED) is 0.522. The van der Waals surface area contributed by atoms with Gasteiger partial charge in [-0.25, -0.2) is 9.18 Å². The third kappa shape index (κ3) is 4.80. The lowest BCUT2D eigenvalue weighted by atomic mass is 10.2. The number of rotatable bonds is 6. The SMILES string of the molecule is O=C(OCc1nc(COc2ccc(F)cc2)no1)c1cc(Br)ccc1Cl. The Morgan fingerprint density at radius 1 is 1.19 bits per heavy atom. The Morgan fingerprint density at radius 3 is 2.73 bits per heavy atom. The molecule has 0 fully saturated rings. The fraction of sp³-hybridized carbons (Fsp3) is 0.118. The number of nitrogens with zero attached hydrogens (tertiary/aromatic N) is 2. The van der Waals surface area contributed by atoms with Crippen LogP contribution in [0.4, 0.5) is 4.39 Å². The van der Waals surface area contributed by atoms with Crippen molar-refractivity contribution in [1.82, 2.24) is 10.1 Å². The van der Waals surface area contributed by atoms with Gasteiger partial charge in [-0.3, -0.25) is 0 Å². The van der Waals surface area contributed by atoms with E-state index in [2.05, 4.69) is 26.1 Å². The molecule has 3 rings (SSSR count). The van der Waals surface area contributed by atoms with Crippen molar-refractivity contribution in [3.8, 4) is 5.75 Å². The molecule has 2 aromatic carbocycles. The Bertz CT molecular complexity index is 917. The van der Waals surface area contributed by atoms with Crippen LogP contribution in [0.25, 0.3) is 0 Å². The van der Waals surface area contributed by atoms with Crippen LogP contribution in [0, 0.1) is 5.82 Å². The first-order valence-electron chi connectivity index (χ1n) is 7.33. The third-order valence-corrected chi connectivity index (χ3v) is 3.99. The molecule has 0 saturated heterocycles. The maximum atomic E-state index is 12.8. The zero-order valence-electron chi connectivity index (χ0n) is 13.1. The highest BCUT2D eigenvalue weighted by Crippen LogP contribution is 2.22. The van der Waals surface area contributed by atoms with Crippen LogP contribution in [0.15, 0.2) is 51.5 Å². The predicted octanol–water partition coefficient (Wildman–Crippen LogP) is 4.56. The van der Waals surface area contributed by atoms with Crippen molar-refractivity contribution in [3.05, 3.63) is 75.1 Å². The number of ether oxygens (including phenoxy) is 2. The summed E-state index contributed by atoms with van der Waals surface area (Å²) in [5.41, 5.74) is 0.223. The van der Waals surface area contributed by atoms with E-state index in [9.17, 15) is 9.18 Å². The van der Waals surface area contributed by atoms with Gasteiger partial charge >= 0.3 is 5.97 Å². The van der Waals surface area contributed by atoms with Crippen LogP contribution in [0.2, 0.25) is 5.02 Å². The topological polar surface area (TPSA) is 74.5 Å². The molecule has 6 nitrogen and oxygen atoms in total. The smallest absolute Gasteiger partial charge is 0.340 e. The summed E-state index contributed by atoms with van der Waals surface area (Å²) >= 11 is 9.24. The van der Waals surface area contributed by atoms with E-state index in [1.807, 2.05) is 0 Å². The number of aromatic nitrogens is 2. The highest BCUT2D eigenvalue weighted by molar-refractivity contribution is 9.10. The van der Waals surface area contributed by atoms with E-state index in [-0.39, 0.29) is 41.3 Å². The Morgan fingerprint density at radius 2 is 1.96 bits per heavy atom. The van der Waals surface area contributed by atoms with Crippen LogP contribution in [0.5, 0.6) is 5.75 Å². The van der Waals surface area contributed by atoms with Gasteiger partial charge in [0.1, 0.15) is 11.6 Å². The highest BCUT2D eigenvalue weighted by atomic mass is 79.9. The molecular weight excluding hydrogens is 431 g/mol. The fourth-order valence-corrected chi connectivity index (χ4v) is 2.50. The predicted molar refractivity (Wildman–Crippen MR) is 93.3 cm³/mol. The van der Waals surface area contributed by atoms with Crippen LogP contribution >= 0.6 is 27.5 Å². The molecule has 1 aromatic heterocycles. The van der Waals surface area contributed by atoms with E-state index in [1.54, 1.807) is 18.2 Å². The van der Waals surface area contributed by atoms with Crippen molar-refractivity contribution < 1.29 is 23.2 Å². The van der Waals surface area contributed by atoms with Gasteiger partial charge in [0.05, 0.1) is 10.6 Å². The molecule has 0 spiro atoms. The lowest BCUT2D eigenvalue weighted by Gasteiger charge is -2.04. The number of benzene rings is 2. The summed E-state index contributed by atoms with van der Waals surface area (Å²) in [6.07, 6.45) is 0. The van der Waals surface area contributed by atoms with Gasteiger partial charge in [0.15, 0.2) is 13.2 Å². The first-order valence-corrected chi connectivity index (χ1v) is 8.50. The van der Waals surface area contributed by atoms with Gasteiger partial charge < -0.3 is 14.0 Å². The van der Waals surface area contributed by atoms with E-state index in [4.69, 9.17) is 25.6 Å². The molecule has 0 aliphatic heterocycles. The molecule has 134 valence electrons. The minimum atomic E-state index is -0.612. The molecule has 0 unspecified atom stereocenters. The van der Waals surface area contributed by atoms with E-state index in [0.717, 1.165) is 0 Å². The van der Waals surface area contributed by atoms with Gasteiger partial charge in [-0.15, -0.1) is 0 Å². The monoisotopic (exact) mass is 440 g/mol. The normalized spacial score (nSPS) is 10.6. The van der Waals surface area contributed by atoms with Crippen LogP contribution in [0.1, 0.15) is 22.1 Å². The summed E-state index contributed by atoms with van der Waals surface area (Å²) in [7, 11) is 0. The van der Waals surface area contributed by atoms with Crippen LogP contribution in [0.3, 0.4) is 0 Å². The summed E-state index contributed by atoms with van der Waals surface area (Å²) in [6, 6.07) is 10.4. The lowest BCUT2D eigenvalue weighted by Crippen LogP contribution is -2.06. The highest BCUT2D eigenvalue weighted by Gasteiger charge is 2.15. The molecule has 0 aliphatic carbocycles. The summed E-state index contributed by atoms with van der Waals surface area (Å²) < 4.78 is 29.0. The lowest BCUT2D eigenvalue weighted by molar-refractivity contribution is 0.0430. The van der Waals surface area contributed by atoms with E-state index in [0.29, 0.717) is 10.2 Å². The third-order valence-electron chi connectivity index (χ3n) is 3.17. The second-order valence-corrected chi connectivity index (χ2v) is 6.37. The Balaban J connectivity index is 1.54. The van der Waals surface area contributed by atoms with Gasteiger partial charge in [-0.05, 0) is 42.5 Å². The van der Waals surface area contributed by atoms with Crippen molar-refractivity contribution in [2.45, 2.75) is 13.2 Å². The van der Waals surface area contributed by atoms with Crippen LogP contribution in [-0.2, 0) is 18.0 Å². The van der Waals surface area contributed by atoms with E-state index in [1.165, 1.54) is 24.3 Å². The Hall–Kier alpha value is -2.45. The van der Waals surface area contributed by atoms with Gasteiger partial charge in [0, 0.05) is 4.47 Å². The summed E-state index contributed by atoms with van der Waals surface area (Å²) in [6.45, 7) is -0.175. The maximum absolute atomic E-state index is 12.8. The van der Waals surface area contributed by atoms with E-state index < -0.39 is 5.97 Å². The second-order valence-electron chi connectivity index (χ2n) is 5.05. The summed E-state index contributed by atoms with van der Waals surface area (Å²) in [5.74, 6) is -0.123. The number of hydrogen-bond acceptors (Lipinski definition) is 6. The molecule has 0 aliphatic rings. The number of halogens is 3. The minimum absolute atomic E-state index is 0.0283. The van der Waals surface area contributed by atoms with Crippen LogP contribution < -0.4 is 4.74 Å². The molecule has 3 aromatic rings. The van der Waals surface area contributed by atoms with Crippen molar-refractivity contribution in [2.75, 3.05) is 0 Å². The molecule has 0 saturated carbocycles. The Labute approximate surface area is 161 Å². The van der Waals surface area contributed by atoms with Gasteiger partial charge in [0.2, 0.25) is 5.82 Å². The fourth-order valence-electron chi connectivity index (χ4n) is 1.95. The van der Waals surface area contributed by atoms with Crippen molar-refractivity contribution in [2.24, 2.45) is 0 Å². The number of esters is 1. The summed E-state index contributed by atoms with van der Waals surface area (Å²) in [5, 5.41) is 4.00. The standard InChI is InChI=1S/C17H11BrClFN2O4/c18-10-1-6-14(19)13(7-10)17(23)25-9-16-21-15(22-26-16)8-24-12-4-2-11(20)3-5-12/h1-7H,8-9H2. The number of hydrogen-bond donors (Lipinski definition) is 0. The summed E-state index contributed by atoms with van der Waals surface area (Å²) in [4.78, 5) is 16.1. The zero-order valence-corrected chi connectivity index (χ0v) is 15.5. The molecule has 0 N–H and O–H groups in total. The van der Waals surface area contributed by atoms with Gasteiger partial charge in [0.25, 0.3) is 5.89 Å². The van der Waals surface area contributed by atoms with Crippen LogP contribution in [-0.4, -0.2) is 16.1 Å². The number of carbonyl (C=O) groups excluding carboxylic acids is 1. The first kappa shape index (κ1) is 18.3. The average molecular weight is 442 g/mol. The van der Waals surface area contributed by atoms with Crippen molar-refractivity contribution >= 4 is 33.5 Å². The zero-order chi connectivity index (χ0) is 18.5. The number of carbonyl (C=O) groups is 1. The second kappa shape index (κ2) is 8.29. The van der Waals surface area contributed by atoms with Crippen molar-refractivity contribution in [3.63, 3.8) is 0 Å². The molecule has 0 bridgehead atoms. The van der Waals surface area contributed by atoms with E-state index >= 15 is 0 Å². The Kier molecular flexibility index (Phi) is 5.85. The molecule has 9 heteroatoms. The molecule has 26 heavy (non-hydrogen) atoms. The molecule has 0 atom stereocenters. The molecule has 1 heterocycles. The van der Waals surface area contributed by atoms with Gasteiger partial charge in [-0.2, -0.15) is 4.98 Å². The first-order chi connectivity index (χ1) is 12.5. The molecule has 0 amide bonds. The maximum Gasteiger partial charge on any atom is 0.340 e. The van der Waals surface area contributed by atoms with Crippen molar-refractivity contribution in [1.29, 1.82) is 0 Å². The largest absolute Gasteiger partial charge is 0.485 e. The van der Waals surface area contributed by atoms with Gasteiger partial charge in [-0.1, -0.05) is 32.7 Å². The average Bonchev–Trinajstić information content (AvgIpc) is 3.09. The minimum Gasteiger partial charge on any atom is -0.485 e. The molecular formula is C17H11BrClFN2O4.